The van der Waals surface area contributed by atoms with E-state index >= 15 is 0 Å². The summed E-state index contributed by atoms with van der Waals surface area (Å²) < 4.78 is 3.76. The summed E-state index contributed by atoms with van der Waals surface area (Å²) in [5.41, 5.74) is 1.75. The maximum absolute atomic E-state index is 5.06. The highest BCUT2D eigenvalue weighted by molar-refractivity contribution is 6.23. The lowest BCUT2D eigenvalue weighted by molar-refractivity contribution is 0.917. The normalized spacial score (nSPS) is 11.6. The Labute approximate surface area is 159 Å². The summed E-state index contributed by atoms with van der Waals surface area (Å²) in [6, 6.07) is 16.7. The van der Waals surface area contributed by atoms with Gasteiger partial charge in [0.05, 0.1) is 11.0 Å². The van der Waals surface area contributed by atoms with Gasteiger partial charge in [0.2, 0.25) is 0 Å². The summed E-state index contributed by atoms with van der Waals surface area (Å²) in [6.45, 7) is 0. The van der Waals surface area contributed by atoms with Crippen LogP contribution < -0.4 is 0 Å². The summed E-state index contributed by atoms with van der Waals surface area (Å²) in [5.74, 6) is 1.42. The first kappa shape index (κ1) is 15.0. The van der Waals surface area contributed by atoms with Crippen LogP contribution in [-0.4, -0.2) is 29.1 Å². The average Bonchev–Trinajstić information content (AvgIpc) is 3.47. The number of rotatable bonds is 2. The second-order valence-electron chi connectivity index (χ2n) is 6.60. The lowest BCUT2D eigenvalue weighted by Gasteiger charge is -2.14. The van der Waals surface area contributed by atoms with Gasteiger partial charge in [0.25, 0.3) is 0 Å². The van der Waals surface area contributed by atoms with Gasteiger partial charge in [0.15, 0.2) is 11.6 Å². The summed E-state index contributed by atoms with van der Waals surface area (Å²) in [4.78, 5) is 18.5. The van der Waals surface area contributed by atoms with Crippen LogP contribution >= 0.6 is 0 Å². The Morgan fingerprint density at radius 3 is 1.36 bits per heavy atom. The summed E-state index contributed by atoms with van der Waals surface area (Å²) in [7, 11) is 0. The van der Waals surface area contributed by atoms with Crippen molar-refractivity contribution in [2.45, 2.75) is 0 Å². The van der Waals surface area contributed by atoms with E-state index in [-0.39, 0.29) is 0 Å². The lowest BCUT2D eigenvalue weighted by atomic mass is 9.99. The van der Waals surface area contributed by atoms with Crippen molar-refractivity contribution in [3.63, 3.8) is 0 Å². The van der Waals surface area contributed by atoms with Crippen LogP contribution in [0.5, 0.6) is 0 Å². The molecule has 3 aromatic heterocycles. The lowest BCUT2D eigenvalue weighted by Crippen LogP contribution is -2.07. The van der Waals surface area contributed by atoms with E-state index in [2.05, 4.69) is 46.4 Å². The molecule has 0 saturated heterocycles. The van der Waals surface area contributed by atoms with Crippen molar-refractivity contribution in [2.75, 3.05) is 0 Å². The number of fused-ring (bicyclic) bond motifs is 6. The van der Waals surface area contributed by atoms with Crippen LogP contribution in [-0.2, 0) is 0 Å². The topological polar surface area (TPSA) is 61.4 Å². The van der Waals surface area contributed by atoms with Gasteiger partial charge in [0, 0.05) is 35.6 Å². The van der Waals surface area contributed by atoms with Gasteiger partial charge < -0.3 is 0 Å². The highest BCUT2D eigenvalue weighted by Gasteiger charge is 2.17. The van der Waals surface area contributed by atoms with E-state index in [4.69, 9.17) is 9.97 Å². The van der Waals surface area contributed by atoms with Crippen molar-refractivity contribution in [2.24, 2.45) is 0 Å². The van der Waals surface area contributed by atoms with Gasteiger partial charge in [-0.25, -0.2) is 19.9 Å². The minimum absolute atomic E-state index is 0.712. The van der Waals surface area contributed by atoms with Crippen molar-refractivity contribution < 1.29 is 0 Å². The van der Waals surface area contributed by atoms with E-state index in [0.29, 0.717) is 11.6 Å². The fraction of sp³-hybridized carbons (Fsp3) is 0. The van der Waals surface area contributed by atoms with Crippen LogP contribution in [0.4, 0.5) is 0 Å². The predicted octanol–water partition coefficient (Wildman–Crippen LogP) is 4.31. The number of benzene rings is 3. The Morgan fingerprint density at radius 1 is 0.536 bits per heavy atom. The molecule has 0 unspecified atom stereocenters. The molecule has 0 aliphatic carbocycles. The first-order chi connectivity index (χ1) is 13.9. The molecular weight excluding hydrogens is 348 g/mol. The molecule has 0 bridgehead atoms. The molecule has 0 radical (unpaired) electrons. The van der Waals surface area contributed by atoms with E-state index in [1.54, 1.807) is 25.0 Å². The van der Waals surface area contributed by atoms with Crippen LogP contribution in [0.25, 0.3) is 44.2 Å². The molecule has 3 heterocycles. The molecule has 132 valence electrons. The first-order valence-electron chi connectivity index (χ1n) is 8.98. The number of imidazole rings is 2. The third-order valence-corrected chi connectivity index (χ3v) is 5.01. The molecule has 0 spiro atoms. The third kappa shape index (κ3) is 2.08. The van der Waals surface area contributed by atoms with Gasteiger partial charge in [-0.3, -0.25) is 9.13 Å². The van der Waals surface area contributed by atoms with E-state index in [9.17, 15) is 0 Å². The largest absolute Gasteiger partial charge is 0.287 e. The summed E-state index contributed by atoms with van der Waals surface area (Å²) in [5, 5.41) is 4.52. The first-order valence-corrected chi connectivity index (χ1v) is 8.98. The number of hydrogen-bond acceptors (Lipinski definition) is 4. The smallest absolute Gasteiger partial charge is 0.182 e. The Hall–Kier alpha value is -4.06. The molecule has 0 N–H and O–H groups in total. The van der Waals surface area contributed by atoms with Crippen molar-refractivity contribution in [3.05, 3.63) is 86.0 Å². The molecule has 0 aliphatic heterocycles. The molecule has 3 aromatic carbocycles. The second-order valence-corrected chi connectivity index (χ2v) is 6.60. The molecule has 6 heteroatoms. The Bertz CT molecular complexity index is 1340. The zero-order valence-corrected chi connectivity index (χ0v) is 14.8. The molecule has 6 rings (SSSR count). The molecule has 0 atom stereocenters. The second kappa shape index (κ2) is 5.72. The van der Waals surface area contributed by atoms with E-state index in [0.717, 1.165) is 21.8 Å². The predicted molar refractivity (Wildman–Crippen MR) is 109 cm³/mol. The number of aromatic nitrogens is 6. The minimum Gasteiger partial charge on any atom is -0.287 e. The van der Waals surface area contributed by atoms with Gasteiger partial charge in [-0.1, -0.05) is 48.5 Å². The van der Waals surface area contributed by atoms with Crippen LogP contribution in [0.3, 0.4) is 0 Å². The molecule has 0 aliphatic rings. The maximum Gasteiger partial charge on any atom is 0.182 e. The van der Waals surface area contributed by atoms with Crippen molar-refractivity contribution in [3.8, 4) is 11.6 Å². The standard InChI is InChI=1S/C22H14N6/c1-3-7-17-15(5-1)16-6-2-4-8-18(16)20-19(17)25-21(27-11-9-23-13-27)22(26-20)28-12-10-24-14-28/h1-14H. The fourth-order valence-corrected chi connectivity index (χ4v) is 3.76. The quantitative estimate of drug-likeness (QED) is 0.431. The van der Waals surface area contributed by atoms with Crippen molar-refractivity contribution in [1.29, 1.82) is 0 Å². The fourth-order valence-electron chi connectivity index (χ4n) is 3.76. The average molecular weight is 362 g/mol. The monoisotopic (exact) mass is 362 g/mol. The third-order valence-electron chi connectivity index (χ3n) is 5.01. The van der Waals surface area contributed by atoms with Gasteiger partial charge >= 0.3 is 0 Å². The van der Waals surface area contributed by atoms with Crippen LogP contribution in [0.2, 0.25) is 0 Å². The van der Waals surface area contributed by atoms with Gasteiger partial charge in [-0.15, -0.1) is 0 Å². The molecular formula is C22H14N6. The molecule has 0 amide bonds. The molecule has 6 nitrogen and oxygen atoms in total. The van der Waals surface area contributed by atoms with Crippen LogP contribution in [0.15, 0.2) is 86.0 Å². The van der Waals surface area contributed by atoms with Crippen molar-refractivity contribution in [1.82, 2.24) is 29.1 Å². The zero-order chi connectivity index (χ0) is 18.5. The highest BCUT2D eigenvalue weighted by atomic mass is 15.2. The summed E-state index contributed by atoms with van der Waals surface area (Å²) >= 11 is 0. The minimum atomic E-state index is 0.712. The SMILES string of the molecule is c1ccc2c(c1)c1ccccc1c1nc(-n3ccnc3)c(-n3ccnc3)nc21. The van der Waals surface area contributed by atoms with Gasteiger partial charge in [0.1, 0.15) is 12.7 Å². The van der Waals surface area contributed by atoms with Gasteiger partial charge in [-0.2, -0.15) is 0 Å². The van der Waals surface area contributed by atoms with E-state index in [1.807, 2.05) is 33.7 Å². The highest BCUT2D eigenvalue weighted by Crippen LogP contribution is 2.34. The molecule has 0 fully saturated rings. The zero-order valence-electron chi connectivity index (χ0n) is 14.8. The van der Waals surface area contributed by atoms with Crippen LogP contribution in [0, 0.1) is 0 Å². The van der Waals surface area contributed by atoms with Crippen LogP contribution in [0.1, 0.15) is 0 Å². The van der Waals surface area contributed by atoms with E-state index in [1.165, 1.54) is 10.8 Å². The van der Waals surface area contributed by atoms with E-state index < -0.39 is 0 Å². The molecule has 0 saturated carbocycles. The summed E-state index contributed by atoms with van der Waals surface area (Å²) in [6.07, 6.45) is 10.7. The molecule has 28 heavy (non-hydrogen) atoms. The Balaban J connectivity index is 1.86. The van der Waals surface area contributed by atoms with Gasteiger partial charge in [-0.05, 0) is 10.8 Å². The number of hydrogen-bond donors (Lipinski definition) is 0. The number of nitrogens with zero attached hydrogens (tertiary/aromatic N) is 6. The maximum atomic E-state index is 5.06. The Kier molecular flexibility index (Phi) is 3.07. The molecule has 6 aromatic rings. The Morgan fingerprint density at radius 2 is 0.964 bits per heavy atom. The van der Waals surface area contributed by atoms with Crippen molar-refractivity contribution >= 4 is 32.6 Å².